The highest BCUT2D eigenvalue weighted by Crippen LogP contribution is 2.29. The average molecular weight is 323 g/mol. The van der Waals surface area contributed by atoms with Crippen LogP contribution in [0.1, 0.15) is 18.4 Å². The van der Waals surface area contributed by atoms with Crippen LogP contribution >= 0.6 is 23.2 Å². The van der Waals surface area contributed by atoms with E-state index >= 15 is 0 Å². The maximum absolute atomic E-state index is 12.4. The van der Waals surface area contributed by atoms with Crippen LogP contribution in [0.3, 0.4) is 0 Å². The average Bonchev–Trinajstić information content (AvgIpc) is 2.83. The standard InChI is InChI=1S/C12H16Cl2N2O2S/c13-11-4-1-5-12(14)10(11)8-19(17,18)16-6-2-3-9(16)7-15/h1,4-5,9H,2-3,6-8,15H2. The molecule has 1 aliphatic heterocycles. The van der Waals surface area contributed by atoms with Crippen LogP contribution in [0.4, 0.5) is 0 Å². The Morgan fingerprint density at radius 2 is 1.95 bits per heavy atom. The minimum Gasteiger partial charge on any atom is -0.329 e. The molecule has 2 N–H and O–H groups in total. The molecule has 106 valence electrons. The SMILES string of the molecule is NCC1CCCN1S(=O)(=O)Cc1c(Cl)cccc1Cl. The van der Waals surface area contributed by atoms with E-state index in [0.717, 1.165) is 12.8 Å². The maximum Gasteiger partial charge on any atom is 0.218 e. The highest BCUT2D eigenvalue weighted by Gasteiger charge is 2.33. The zero-order valence-electron chi connectivity index (χ0n) is 10.4. The molecular weight excluding hydrogens is 307 g/mol. The summed E-state index contributed by atoms with van der Waals surface area (Å²) in [5.41, 5.74) is 6.07. The van der Waals surface area contributed by atoms with Gasteiger partial charge in [-0.15, -0.1) is 0 Å². The minimum atomic E-state index is -3.43. The second-order valence-electron chi connectivity index (χ2n) is 4.60. The summed E-state index contributed by atoms with van der Waals surface area (Å²) in [4.78, 5) is 0. The summed E-state index contributed by atoms with van der Waals surface area (Å²) in [5, 5.41) is 0.749. The summed E-state index contributed by atoms with van der Waals surface area (Å²) < 4.78 is 26.3. The molecule has 1 atom stereocenters. The molecule has 4 nitrogen and oxygen atoms in total. The summed E-state index contributed by atoms with van der Waals surface area (Å²) in [5.74, 6) is -0.179. The van der Waals surface area contributed by atoms with Crippen LogP contribution in [0.2, 0.25) is 10.0 Å². The van der Waals surface area contributed by atoms with Crippen LogP contribution in [-0.4, -0.2) is 31.9 Å². The second-order valence-corrected chi connectivity index (χ2v) is 7.33. The van der Waals surface area contributed by atoms with E-state index in [-0.39, 0.29) is 11.8 Å². The third-order valence-electron chi connectivity index (χ3n) is 3.34. The van der Waals surface area contributed by atoms with E-state index in [1.54, 1.807) is 18.2 Å². The van der Waals surface area contributed by atoms with Crippen molar-refractivity contribution in [2.45, 2.75) is 24.6 Å². The normalized spacial score (nSPS) is 20.9. The number of hydrogen-bond acceptors (Lipinski definition) is 3. The molecule has 0 saturated carbocycles. The second kappa shape index (κ2) is 5.97. The number of sulfonamides is 1. The molecule has 2 rings (SSSR count). The predicted octanol–water partition coefficient (Wildman–Crippen LogP) is 2.25. The van der Waals surface area contributed by atoms with Crippen LogP contribution in [0, 0.1) is 0 Å². The van der Waals surface area contributed by atoms with Crippen LogP contribution in [-0.2, 0) is 15.8 Å². The molecule has 0 amide bonds. The lowest BCUT2D eigenvalue weighted by atomic mass is 10.2. The van der Waals surface area contributed by atoms with Crippen molar-refractivity contribution >= 4 is 33.2 Å². The van der Waals surface area contributed by atoms with Crippen LogP contribution < -0.4 is 5.73 Å². The van der Waals surface area contributed by atoms with Gasteiger partial charge in [-0.25, -0.2) is 8.42 Å². The van der Waals surface area contributed by atoms with Gasteiger partial charge < -0.3 is 5.73 Å². The monoisotopic (exact) mass is 322 g/mol. The third kappa shape index (κ3) is 3.23. The predicted molar refractivity (Wildman–Crippen MR) is 77.9 cm³/mol. The highest BCUT2D eigenvalue weighted by atomic mass is 35.5. The van der Waals surface area contributed by atoms with E-state index in [2.05, 4.69) is 0 Å². The molecule has 0 aromatic heterocycles. The Morgan fingerprint density at radius 3 is 2.53 bits per heavy atom. The first-order valence-electron chi connectivity index (χ1n) is 6.08. The van der Waals surface area contributed by atoms with Gasteiger partial charge in [-0.2, -0.15) is 4.31 Å². The fourth-order valence-corrected chi connectivity index (χ4v) is 4.93. The number of rotatable bonds is 4. The Kier molecular flexibility index (Phi) is 4.74. The van der Waals surface area contributed by atoms with Crippen molar-refractivity contribution in [1.29, 1.82) is 0 Å². The van der Waals surface area contributed by atoms with Gasteiger partial charge >= 0.3 is 0 Å². The van der Waals surface area contributed by atoms with Crippen LogP contribution in [0.5, 0.6) is 0 Å². The molecule has 1 fully saturated rings. The topological polar surface area (TPSA) is 63.4 Å². The van der Waals surface area contributed by atoms with Crippen molar-refractivity contribution in [3.63, 3.8) is 0 Å². The van der Waals surface area contributed by atoms with Crippen molar-refractivity contribution < 1.29 is 8.42 Å². The first-order valence-corrected chi connectivity index (χ1v) is 8.44. The molecule has 1 unspecified atom stereocenters. The van der Waals surface area contributed by atoms with Gasteiger partial charge in [-0.05, 0) is 25.0 Å². The molecule has 0 spiro atoms. The smallest absolute Gasteiger partial charge is 0.218 e. The van der Waals surface area contributed by atoms with Gasteiger partial charge in [0.1, 0.15) is 0 Å². The van der Waals surface area contributed by atoms with Crippen molar-refractivity contribution in [1.82, 2.24) is 4.31 Å². The van der Waals surface area contributed by atoms with Crippen molar-refractivity contribution in [2.75, 3.05) is 13.1 Å². The van der Waals surface area contributed by atoms with Gasteiger partial charge in [-0.3, -0.25) is 0 Å². The summed E-state index contributed by atoms with van der Waals surface area (Å²) in [6, 6.07) is 4.87. The molecule has 19 heavy (non-hydrogen) atoms. The number of nitrogens with two attached hydrogens (primary N) is 1. The Balaban J connectivity index is 2.27. The molecule has 0 bridgehead atoms. The molecule has 0 radical (unpaired) electrons. The molecule has 1 aromatic carbocycles. The first kappa shape index (κ1) is 15.1. The van der Waals surface area contributed by atoms with Crippen LogP contribution in [0.15, 0.2) is 18.2 Å². The van der Waals surface area contributed by atoms with E-state index in [0.29, 0.717) is 28.7 Å². The molecule has 0 aliphatic carbocycles. The van der Waals surface area contributed by atoms with E-state index in [9.17, 15) is 8.42 Å². The quantitative estimate of drug-likeness (QED) is 0.924. The lowest BCUT2D eigenvalue weighted by molar-refractivity contribution is 0.392. The van der Waals surface area contributed by atoms with Crippen molar-refractivity contribution in [2.24, 2.45) is 5.73 Å². The summed E-state index contributed by atoms with van der Waals surface area (Å²) >= 11 is 12.0. The largest absolute Gasteiger partial charge is 0.329 e. The Labute approximate surface area is 123 Å². The van der Waals surface area contributed by atoms with Crippen molar-refractivity contribution in [3.05, 3.63) is 33.8 Å². The number of benzene rings is 1. The Morgan fingerprint density at radius 1 is 1.32 bits per heavy atom. The lowest BCUT2D eigenvalue weighted by Gasteiger charge is -2.23. The Bertz CT molecular complexity index is 543. The summed E-state index contributed by atoms with van der Waals surface area (Å²) in [6.07, 6.45) is 1.66. The molecule has 1 aliphatic rings. The van der Waals surface area contributed by atoms with Gasteiger partial charge in [0, 0.05) is 34.7 Å². The maximum atomic E-state index is 12.4. The zero-order valence-corrected chi connectivity index (χ0v) is 12.7. The summed E-state index contributed by atoms with van der Waals surface area (Å²) in [7, 11) is -3.43. The molecular formula is C12H16Cl2N2O2S. The molecule has 1 saturated heterocycles. The van der Waals surface area contributed by atoms with Gasteiger partial charge in [0.25, 0.3) is 0 Å². The van der Waals surface area contributed by atoms with E-state index in [4.69, 9.17) is 28.9 Å². The number of hydrogen-bond donors (Lipinski definition) is 1. The van der Waals surface area contributed by atoms with Gasteiger partial charge in [0.15, 0.2) is 0 Å². The van der Waals surface area contributed by atoms with Gasteiger partial charge in [0.2, 0.25) is 10.0 Å². The number of halogens is 2. The number of nitrogens with zero attached hydrogens (tertiary/aromatic N) is 1. The first-order chi connectivity index (χ1) is 8.95. The fourth-order valence-electron chi connectivity index (χ4n) is 2.35. The van der Waals surface area contributed by atoms with Crippen molar-refractivity contribution in [3.8, 4) is 0 Å². The fraction of sp³-hybridized carbons (Fsp3) is 0.500. The van der Waals surface area contributed by atoms with E-state index in [1.165, 1.54) is 4.31 Å². The summed E-state index contributed by atoms with van der Waals surface area (Å²) in [6.45, 7) is 0.863. The minimum absolute atomic E-state index is 0.105. The third-order valence-corrected chi connectivity index (χ3v) is 5.90. The van der Waals surface area contributed by atoms with Gasteiger partial charge in [0.05, 0.1) is 5.75 Å². The van der Waals surface area contributed by atoms with Gasteiger partial charge in [-0.1, -0.05) is 29.3 Å². The van der Waals surface area contributed by atoms with Crippen LogP contribution in [0.25, 0.3) is 0 Å². The van der Waals surface area contributed by atoms with E-state index in [1.807, 2.05) is 0 Å². The molecule has 1 heterocycles. The molecule has 1 aromatic rings. The van der Waals surface area contributed by atoms with E-state index < -0.39 is 10.0 Å². The Hall–Kier alpha value is -0.330. The highest BCUT2D eigenvalue weighted by molar-refractivity contribution is 7.88. The lowest BCUT2D eigenvalue weighted by Crippen LogP contribution is -2.40. The zero-order chi connectivity index (χ0) is 14.0. The molecule has 7 heteroatoms.